The maximum atomic E-state index is 11.8. The second-order valence-electron chi connectivity index (χ2n) is 5.65. The number of hydrogen-bond acceptors (Lipinski definition) is 5. The van der Waals surface area contributed by atoms with E-state index in [4.69, 9.17) is 9.15 Å². The van der Waals surface area contributed by atoms with Crippen LogP contribution in [0.5, 0.6) is 0 Å². The first-order valence-corrected chi connectivity index (χ1v) is 9.32. The molecule has 0 fully saturated rings. The van der Waals surface area contributed by atoms with Crippen molar-refractivity contribution in [3.8, 4) is 0 Å². The molecule has 0 aliphatic rings. The predicted molar refractivity (Wildman–Crippen MR) is 104 cm³/mol. The smallest absolute Gasteiger partial charge is 0.338 e. The van der Waals surface area contributed by atoms with Gasteiger partial charge in [-0.3, -0.25) is 4.79 Å². The molecule has 0 spiro atoms. The van der Waals surface area contributed by atoms with Gasteiger partial charge in [0.1, 0.15) is 9.51 Å². The van der Waals surface area contributed by atoms with Crippen LogP contribution in [0.25, 0.3) is 11.0 Å². The summed E-state index contributed by atoms with van der Waals surface area (Å²) in [5.74, 6) is -0.147. The molecule has 24 heavy (non-hydrogen) atoms. The van der Waals surface area contributed by atoms with Gasteiger partial charge in [-0.15, -0.1) is 0 Å². The molecule has 0 N–H and O–H groups in total. The van der Waals surface area contributed by atoms with Gasteiger partial charge in [0.15, 0.2) is 0 Å². The zero-order valence-corrected chi connectivity index (χ0v) is 16.1. The van der Waals surface area contributed by atoms with Crippen LogP contribution in [0.4, 0.5) is 5.69 Å². The van der Waals surface area contributed by atoms with Gasteiger partial charge in [-0.25, -0.2) is 4.79 Å². The Morgan fingerprint density at radius 2 is 2.12 bits per heavy atom. The van der Waals surface area contributed by atoms with E-state index in [1.807, 2.05) is 30.1 Å². The van der Waals surface area contributed by atoms with Gasteiger partial charge in [0.05, 0.1) is 12.3 Å². The molecule has 1 aromatic heterocycles. The van der Waals surface area contributed by atoms with Gasteiger partial charge in [0, 0.05) is 25.0 Å². The van der Waals surface area contributed by atoms with Gasteiger partial charge in [0.25, 0.3) is 0 Å². The molecule has 1 atom stereocenters. The number of halogens is 1. The number of rotatable bonds is 8. The normalized spacial score (nSPS) is 12.1. The first-order valence-electron chi connectivity index (χ1n) is 8.07. The van der Waals surface area contributed by atoms with Gasteiger partial charge in [-0.1, -0.05) is 48.1 Å². The van der Waals surface area contributed by atoms with Crippen molar-refractivity contribution in [2.45, 2.75) is 30.1 Å². The highest BCUT2D eigenvalue weighted by atomic mass is 127. The van der Waals surface area contributed by atoms with Crippen molar-refractivity contribution >= 4 is 45.2 Å². The highest BCUT2D eigenvalue weighted by molar-refractivity contribution is 14.1. The fraction of sp³-hybridized carbons (Fsp3) is 0.444. The first kappa shape index (κ1) is 18.8. The number of benzene rings is 1. The summed E-state index contributed by atoms with van der Waals surface area (Å²) in [6, 6.07) is 8.96. The molecule has 6 heteroatoms. The van der Waals surface area contributed by atoms with Crippen molar-refractivity contribution in [3.05, 3.63) is 40.8 Å². The van der Waals surface area contributed by atoms with Crippen molar-refractivity contribution in [2.24, 2.45) is 0 Å². The van der Waals surface area contributed by atoms with Gasteiger partial charge in [-0.2, -0.15) is 0 Å². The number of carbonyl (C=O) groups excluding carboxylic acids is 1. The summed E-state index contributed by atoms with van der Waals surface area (Å²) < 4.78 is 10.4. The van der Waals surface area contributed by atoms with E-state index in [2.05, 4.69) is 29.5 Å². The van der Waals surface area contributed by atoms with Crippen LogP contribution in [0, 0.1) is 0 Å². The summed E-state index contributed by atoms with van der Waals surface area (Å²) in [4.78, 5) is 25.5. The fourth-order valence-electron chi connectivity index (χ4n) is 2.47. The van der Waals surface area contributed by atoms with E-state index in [0.717, 1.165) is 23.9 Å². The quantitative estimate of drug-likeness (QED) is 0.205. The summed E-state index contributed by atoms with van der Waals surface area (Å²) in [5.41, 5.74) is 1.03. The largest absolute Gasteiger partial charge is 0.465 e. The number of nitrogens with zero attached hydrogens (tertiary/aromatic N) is 1. The Morgan fingerprint density at radius 1 is 1.38 bits per heavy atom. The minimum Gasteiger partial charge on any atom is -0.465 e. The van der Waals surface area contributed by atoms with Crippen LogP contribution >= 0.6 is 22.6 Å². The molecule has 5 nitrogen and oxygen atoms in total. The lowest BCUT2D eigenvalue weighted by atomic mass is 10.2. The van der Waals surface area contributed by atoms with Crippen molar-refractivity contribution < 1.29 is 13.9 Å². The second kappa shape index (κ2) is 9.05. The molecule has 2 rings (SSSR count). The fourth-order valence-corrected chi connectivity index (χ4v) is 3.27. The van der Waals surface area contributed by atoms with Gasteiger partial charge in [0.2, 0.25) is 0 Å². The van der Waals surface area contributed by atoms with E-state index in [1.165, 1.54) is 6.07 Å². The zero-order valence-electron chi connectivity index (χ0n) is 14.0. The highest BCUT2D eigenvalue weighted by Gasteiger charge is 2.15. The number of ether oxygens (including phenoxy) is 1. The monoisotopic (exact) mass is 443 g/mol. The summed E-state index contributed by atoms with van der Waals surface area (Å²) in [7, 11) is 1.92. The Hall–Kier alpha value is -1.57. The van der Waals surface area contributed by atoms with Gasteiger partial charge in [-0.05, 0) is 25.0 Å². The molecule has 1 unspecified atom stereocenters. The number of carbonyl (C=O) groups is 1. The number of esters is 1. The van der Waals surface area contributed by atoms with Gasteiger partial charge < -0.3 is 14.1 Å². The molecule has 2 aromatic rings. The molecular formula is C18H22INO4. The van der Waals surface area contributed by atoms with Crippen LogP contribution in [0.2, 0.25) is 0 Å². The Balaban J connectivity index is 1.93. The summed E-state index contributed by atoms with van der Waals surface area (Å²) in [5, 5.41) is 0.895. The zero-order chi connectivity index (χ0) is 17.5. The maximum Gasteiger partial charge on any atom is 0.338 e. The summed E-state index contributed by atoms with van der Waals surface area (Å²) in [6.45, 7) is 3.11. The van der Waals surface area contributed by atoms with Crippen LogP contribution in [-0.2, 0) is 9.53 Å². The Kier molecular flexibility index (Phi) is 7.08. The average Bonchev–Trinajstić information content (AvgIpc) is 2.57. The van der Waals surface area contributed by atoms with Crippen LogP contribution in [-0.4, -0.2) is 30.1 Å². The second-order valence-corrected chi connectivity index (χ2v) is 7.15. The molecule has 0 bridgehead atoms. The van der Waals surface area contributed by atoms with E-state index in [9.17, 15) is 9.59 Å². The molecule has 0 saturated heterocycles. The molecule has 1 heterocycles. The average molecular weight is 443 g/mol. The lowest BCUT2D eigenvalue weighted by Crippen LogP contribution is -2.23. The standard InChI is InChI=1S/C18H22INO4/c1-3-7-14(19)18(22)23-11-6-10-20(2)15-12-17(21)24-16-9-5-4-8-13(15)16/h4-5,8-9,12,14H,3,6-7,10-11H2,1-2H3. The highest BCUT2D eigenvalue weighted by Crippen LogP contribution is 2.24. The minimum atomic E-state index is -0.366. The van der Waals surface area contributed by atoms with E-state index < -0.39 is 0 Å². The number of alkyl halides is 1. The number of para-hydroxylation sites is 1. The first-order chi connectivity index (χ1) is 11.5. The number of fused-ring (bicyclic) bond motifs is 1. The Morgan fingerprint density at radius 3 is 2.88 bits per heavy atom. The third kappa shape index (κ3) is 4.96. The Labute approximate surface area is 155 Å². The molecule has 0 saturated carbocycles. The maximum absolute atomic E-state index is 11.8. The molecular weight excluding hydrogens is 421 g/mol. The van der Waals surface area contributed by atoms with Crippen molar-refractivity contribution in [1.82, 2.24) is 0 Å². The van der Waals surface area contributed by atoms with E-state index >= 15 is 0 Å². The van der Waals surface area contributed by atoms with Crippen LogP contribution < -0.4 is 10.5 Å². The van der Waals surface area contributed by atoms with E-state index in [0.29, 0.717) is 25.2 Å². The van der Waals surface area contributed by atoms with Gasteiger partial charge >= 0.3 is 11.6 Å². The lowest BCUT2D eigenvalue weighted by Gasteiger charge is -2.20. The number of hydrogen-bond donors (Lipinski definition) is 0. The third-order valence-corrected chi connectivity index (χ3v) is 4.85. The summed E-state index contributed by atoms with van der Waals surface area (Å²) >= 11 is 2.12. The lowest BCUT2D eigenvalue weighted by molar-refractivity contribution is -0.142. The van der Waals surface area contributed by atoms with Crippen molar-refractivity contribution in [3.63, 3.8) is 0 Å². The molecule has 0 amide bonds. The SMILES string of the molecule is CCCC(I)C(=O)OCCCN(C)c1cc(=O)oc2ccccc12. The van der Waals surface area contributed by atoms with E-state index in [1.54, 1.807) is 6.07 Å². The molecule has 130 valence electrons. The van der Waals surface area contributed by atoms with Crippen LogP contribution in [0.1, 0.15) is 26.2 Å². The van der Waals surface area contributed by atoms with Crippen molar-refractivity contribution in [2.75, 3.05) is 25.1 Å². The Bertz CT molecular complexity index is 743. The van der Waals surface area contributed by atoms with Crippen LogP contribution in [0.15, 0.2) is 39.5 Å². The number of anilines is 1. The topological polar surface area (TPSA) is 59.8 Å². The molecule has 1 aromatic carbocycles. The predicted octanol–water partition coefficient (Wildman–Crippen LogP) is 3.77. The summed E-state index contributed by atoms with van der Waals surface area (Å²) in [6.07, 6.45) is 2.51. The van der Waals surface area contributed by atoms with E-state index in [-0.39, 0.29) is 15.5 Å². The van der Waals surface area contributed by atoms with Crippen molar-refractivity contribution in [1.29, 1.82) is 0 Å². The third-order valence-electron chi connectivity index (χ3n) is 3.72. The molecule has 0 aliphatic carbocycles. The minimum absolute atomic E-state index is 0.0759. The molecule has 0 radical (unpaired) electrons. The van der Waals surface area contributed by atoms with Crippen LogP contribution in [0.3, 0.4) is 0 Å². The molecule has 0 aliphatic heterocycles.